The van der Waals surface area contributed by atoms with Crippen LogP contribution in [0.15, 0.2) is 70.9 Å². The Balaban J connectivity index is 1.84. The molecule has 1 aliphatic heterocycles. The summed E-state index contributed by atoms with van der Waals surface area (Å²) < 4.78 is 22.4. The van der Waals surface area contributed by atoms with Crippen molar-refractivity contribution in [3.8, 4) is 17.2 Å². The van der Waals surface area contributed by atoms with Crippen molar-refractivity contribution in [1.82, 2.24) is 4.90 Å². The molecule has 0 spiro atoms. The van der Waals surface area contributed by atoms with Crippen LogP contribution in [0.25, 0.3) is 5.76 Å². The highest BCUT2D eigenvalue weighted by atomic mass is 16.5. The van der Waals surface area contributed by atoms with E-state index in [-0.39, 0.29) is 17.9 Å². The highest BCUT2D eigenvalue weighted by Crippen LogP contribution is 2.43. The maximum atomic E-state index is 13.3. The predicted molar refractivity (Wildman–Crippen MR) is 133 cm³/mol. The second-order valence-corrected chi connectivity index (χ2v) is 8.04. The minimum Gasteiger partial charge on any atom is -0.507 e. The first-order valence-electron chi connectivity index (χ1n) is 11.9. The third kappa shape index (κ3) is 4.93. The van der Waals surface area contributed by atoms with Crippen LogP contribution in [-0.2, 0) is 16.1 Å². The Labute approximate surface area is 209 Å². The second kappa shape index (κ2) is 11.0. The molecule has 0 aliphatic carbocycles. The van der Waals surface area contributed by atoms with Gasteiger partial charge in [0, 0.05) is 5.56 Å². The first kappa shape index (κ1) is 24.9. The van der Waals surface area contributed by atoms with E-state index in [1.54, 1.807) is 54.6 Å². The third-order valence-corrected chi connectivity index (χ3v) is 5.77. The molecule has 188 valence electrons. The predicted octanol–water partition coefficient (Wildman–Crippen LogP) is 5.10. The molecule has 0 radical (unpaired) electrons. The van der Waals surface area contributed by atoms with E-state index in [0.29, 0.717) is 54.0 Å². The van der Waals surface area contributed by atoms with Crippen LogP contribution in [0.4, 0.5) is 0 Å². The Morgan fingerprint density at radius 1 is 0.917 bits per heavy atom. The molecule has 1 fully saturated rings. The molecule has 1 N–H and O–H groups in total. The van der Waals surface area contributed by atoms with Crippen molar-refractivity contribution in [2.24, 2.45) is 0 Å². The second-order valence-electron chi connectivity index (χ2n) is 8.04. The zero-order valence-electron chi connectivity index (χ0n) is 20.5. The largest absolute Gasteiger partial charge is 0.507 e. The Kier molecular flexibility index (Phi) is 7.63. The number of likely N-dealkylation sites (tertiary alicyclic amines) is 1. The van der Waals surface area contributed by atoms with Gasteiger partial charge in [-0.3, -0.25) is 9.59 Å². The van der Waals surface area contributed by atoms with Crippen LogP contribution in [0.5, 0.6) is 17.2 Å². The van der Waals surface area contributed by atoms with Crippen molar-refractivity contribution in [3.05, 3.63) is 83.3 Å². The number of aliphatic hydroxyl groups excluding tert-OH is 1. The van der Waals surface area contributed by atoms with Crippen LogP contribution in [-0.4, -0.2) is 41.5 Å². The smallest absolute Gasteiger partial charge is 0.296 e. The number of carbonyl (C=O) groups excluding carboxylic acids is 2. The van der Waals surface area contributed by atoms with Crippen molar-refractivity contribution in [3.63, 3.8) is 0 Å². The first-order chi connectivity index (χ1) is 17.5. The summed E-state index contributed by atoms with van der Waals surface area (Å²) in [5, 5.41) is 11.3. The first-order valence-corrected chi connectivity index (χ1v) is 11.9. The summed E-state index contributed by atoms with van der Waals surface area (Å²) in [4.78, 5) is 27.9. The molecule has 2 heterocycles. The number of hydrogen-bond donors (Lipinski definition) is 1. The topological polar surface area (TPSA) is 98.4 Å². The lowest BCUT2D eigenvalue weighted by molar-refractivity contribution is -0.140. The average Bonchev–Trinajstić information content (AvgIpc) is 3.48. The molecular weight excluding hydrogens is 462 g/mol. The summed E-state index contributed by atoms with van der Waals surface area (Å²) in [7, 11) is 0. The number of nitrogens with zero attached hydrogens (tertiary/aromatic N) is 1. The molecule has 1 amide bonds. The molecule has 0 saturated carbocycles. The lowest BCUT2D eigenvalue weighted by Gasteiger charge is -2.25. The van der Waals surface area contributed by atoms with Crippen LogP contribution < -0.4 is 14.2 Å². The summed E-state index contributed by atoms with van der Waals surface area (Å²) in [6.45, 7) is 7.02. The number of amides is 1. The average molecular weight is 492 g/mol. The van der Waals surface area contributed by atoms with Gasteiger partial charge in [0.05, 0.1) is 44.2 Å². The number of ketones is 1. The van der Waals surface area contributed by atoms with Gasteiger partial charge < -0.3 is 28.6 Å². The van der Waals surface area contributed by atoms with Gasteiger partial charge in [-0.15, -0.1) is 0 Å². The molecule has 4 rings (SSSR count). The van der Waals surface area contributed by atoms with Crippen molar-refractivity contribution in [2.45, 2.75) is 33.4 Å². The van der Waals surface area contributed by atoms with Crippen molar-refractivity contribution < 1.29 is 33.3 Å². The number of hydrogen-bond acceptors (Lipinski definition) is 7. The zero-order valence-corrected chi connectivity index (χ0v) is 20.5. The number of Topliss-reactive ketones (excluding diaryl/α,β-unsaturated/α-hetero) is 1. The standard InChI is InChI=1S/C28H29NO7/c1-4-33-20-12-9-18(10-13-20)26(30)24-25(19-11-14-22(34-5-2)23(16-19)35-6-3)29(28(32)27(24)31)17-21-8-7-15-36-21/h7-16,25,30H,4-6,17H2,1-3H3/t25-/m1/s1. The Morgan fingerprint density at radius 3 is 2.25 bits per heavy atom. The molecule has 1 saturated heterocycles. The van der Waals surface area contributed by atoms with Crippen LogP contribution in [0.1, 0.15) is 43.7 Å². The molecule has 0 unspecified atom stereocenters. The normalized spacial score (nSPS) is 16.9. The molecule has 0 bridgehead atoms. The SMILES string of the molecule is CCOc1ccc(C(O)=C2C(=O)C(=O)N(Cc3ccco3)[C@@H]2c2ccc(OCC)c(OCC)c2)cc1. The lowest BCUT2D eigenvalue weighted by atomic mass is 9.95. The molecule has 3 aromatic rings. The van der Waals surface area contributed by atoms with Crippen LogP contribution >= 0.6 is 0 Å². The van der Waals surface area contributed by atoms with Crippen molar-refractivity contribution >= 4 is 17.4 Å². The van der Waals surface area contributed by atoms with Gasteiger partial charge in [0.2, 0.25) is 0 Å². The molecule has 8 heteroatoms. The highest BCUT2D eigenvalue weighted by Gasteiger charge is 2.46. The fourth-order valence-corrected chi connectivity index (χ4v) is 4.23. The molecule has 36 heavy (non-hydrogen) atoms. The fourth-order valence-electron chi connectivity index (χ4n) is 4.23. The van der Waals surface area contributed by atoms with E-state index in [1.807, 2.05) is 20.8 Å². The van der Waals surface area contributed by atoms with Gasteiger partial charge in [0.15, 0.2) is 11.5 Å². The Bertz CT molecular complexity index is 1250. The van der Waals surface area contributed by atoms with Gasteiger partial charge in [-0.2, -0.15) is 0 Å². The molecule has 1 aliphatic rings. The molecular formula is C28H29NO7. The number of aliphatic hydroxyl groups is 1. The monoisotopic (exact) mass is 491 g/mol. The fraction of sp³-hybridized carbons (Fsp3) is 0.286. The summed E-state index contributed by atoms with van der Waals surface area (Å²) in [6.07, 6.45) is 1.50. The van der Waals surface area contributed by atoms with Gasteiger partial charge in [-0.25, -0.2) is 0 Å². The lowest BCUT2D eigenvalue weighted by Crippen LogP contribution is -2.29. The van der Waals surface area contributed by atoms with E-state index in [0.717, 1.165) is 0 Å². The maximum absolute atomic E-state index is 13.3. The maximum Gasteiger partial charge on any atom is 0.296 e. The Morgan fingerprint density at radius 2 is 1.61 bits per heavy atom. The molecule has 1 aromatic heterocycles. The van der Waals surface area contributed by atoms with Crippen LogP contribution in [0, 0.1) is 0 Å². The van der Waals surface area contributed by atoms with Crippen LogP contribution in [0.2, 0.25) is 0 Å². The highest BCUT2D eigenvalue weighted by molar-refractivity contribution is 6.46. The van der Waals surface area contributed by atoms with Gasteiger partial charge in [-0.05, 0) is 74.9 Å². The van der Waals surface area contributed by atoms with E-state index in [1.165, 1.54) is 11.2 Å². The molecule has 2 aromatic carbocycles. The Hall–Kier alpha value is -4.20. The van der Waals surface area contributed by atoms with E-state index < -0.39 is 17.7 Å². The molecule has 8 nitrogen and oxygen atoms in total. The quantitative estimate of drug-likeness (QED) is 0.239. The molecule has 1 atom stereocenters. The third-order valence-electron chi connectivity index (χ3n) is 5.77. The summed E-state index contributed by atoms with van der Waals surface area (Å²) in [6, 6.07) is 14.5. The van der Waals surface area contributed by atoms with Crippen LogP contribution in [0.3, 0.4) is 0 Å². The van der Waals surface area contributed by atoms with Crippen molar-refractivity contribution in [1.29, 1.82) is 0 Å². The summed E-state index contributed by atoms with van der Waals surface area (Å²) in [5.74, 6) is 0.422. The minimum atomic E-state index is -0.864. The van der Waals surface area contributed by atoms with E-state index in [4.69, 9.17) is 18.6 Å². The number of benzene rings is 2. The van der Waals surface area contributed by atoms with Gasteiger partial charge in [-0.1, -0.05) is 6.07 Å². The van der Waals surface area contributed by atoms with E-state index in [9.17, 15) is 14.7 Å². The number of ether oxygens (including phenoxy) is 3. The zero-order chi connectivity index (χ0) is 25.7. The van der Waals surface area contributed by atoms with Gasteiger partial charge >= 0.3 is 0 Å². The number of rotatable bonds is 10. The number of furan rings is 1. The number of carbonyl (C=O) groups is 2. The minimum absolute atomic E-state index is 0.0117. The van der Waals surface area contributed by atoms with Gasteiger partial charge in [0.25, 0.3) is 11.7 Å². The summed E-state index contributed by atoms with van der Waals surface area (Å²) in [5.41, 5.74) is 0.984. The van der Waals surface area contributed by atoms with E-state index in [2.05, 4.69) is 0 Å². The van der Waals surface area contributed by atoms with Gasteiger partial charge in [0.1, 0.15) is 17.3 Å². The van der Waals surface area contributed by atoms with E-state index >= 15 is 0 Å². The summed E-state index contributed by atoms with van der Waals surface area (Å²) >= 11 is 0. The van der Waals surface area contributed by atoms with Crippen molar-refractivity contribution in [2.75, 3.05) is 19.8 Å².